The Hall–Kier alpha value is -3.04. The van der Waals surface area contributed by atoms with Crippen molar-refractivity contribution in [3.63, 3.8) is 0 Å². The monoisotopic (exact) mass is 412 g/mol. The quantitative estimate of drug-likeness (QED) is 0.394. The van der Waals surface area contributed by atoms with E-state index in [2.05, 4.69) is 10.00 Å². The van der Waals surface area contributed by atoms with Crippen molar-refractivity contribution >= 4 is 23.6 Å². The summed E-state index contributed by atoms with van der Waals surface area (Å²) in [6.07, 6.45) is 0. The third-order valence-corrected chi connectivity index (χ3v) is 5.55. The first-order valence-electron chi connectivity index (χ1n) is 9.48. The fraction of sp³-hybridized carbons (Fsp3) is 0.300. The van der Waals surface area contributed by atoms with Gasteiger partial charge >= 0.3 is 0 Å². The molecule has 0 spiro atoms. The highest BCUT2D eigenvalue weighted by Crippen LogP contribution is 2.21. The van der Waals surface area contributed by atoms with Gasteiger partial charge in [-0.05, 0) is 42.9 Å². The van der Waals surface area contributed by atoms with Gasteiger partial charge in [-0.1, -0.05) is 18.2 Å². The fourth-order valence-electron chi connectivity index (χ4n) is 3.56. The molecule has 3 aromatic rings. The second-order valence-electron chi connectivity index (χ2n) is 7.16. The number of quaternary nitrogens is 1. The summed E-state index contributed by atoms with van der Waals surface area (Å²) in [5.41, 5.74) is 3.17. The van der Waals surface area contributed by atoms with E-state index in [4.69, 9.17) is 16.6 Å². The van der Waals surface area contributed by atoms with E-state index >= 15 is 0 Å². The Kier molecular flexibility index (Phi) is 5.41. The molecule has 0 bridgehead atoms. The number of hydrogen-bond acceptors (Lipinski definition) is 6. The first-order chi connectivity index (χ1) is 14.0. The summed E-state index contributed by atoms with van der Waals surface area (Å²) < 4.78 is 7.49. The number of nitrogens with one attached hydrogen (secondary N) is 1. The van der Waals surface area contributed by atoms with Crippen molar-refractivity contribution in [1.82, 2.24) is 9.78 Å². The van der Waals surface area contributed by atoms with Gasteiger partial charge in [0.25, 0.3) is 10.5 Å². The summed E-state index contributed by atoms with van der Waals surface area (Å²) in [6, 6.07) is 14.7. The molecular formula is C20H22N5O3S+. The van der Waals surface area contributed by atoms with Gasteiger partial charge in [-0.25, -0.2) is 0 Å². The molecule has 1 aliphatic heterocycles. The lowest BCUT2D eigenvalue weighted by Crippen LogP contribution is -3.14. The second kappa shape index (κ2) is 8.14. The van der Waals surface area contributed by atoms with Crippen molar-refractivity contribution < 1.29 is 14.2 Å². The van der Waals surface area contributed by atoms with Crippen LogP contribution in [0.15, 0.2) is 52.9 Å². The van der Waals surface area contributed by atoms with Crippen molar-refractivity contribution in [2.45, 2.75) is 13.6 Å². The van der Waals surface area contributed by atoms with Gasteiger partial charge in [0.2, 0.25) is 5.89 Å². The molecule has 2 heterocycles. The zero-order valence-corrected chi connectivity index (χ0v) is 16.9. The van der Waals surface area contributed by atoms with Gasteiger partial charge in [-0.2, -0.15) is 4.68 Å². The van der Waals surface area contributed by atoms with Crippen LogP contribution in [0.25, 0.3) is 11.5 Å². The van der Waals surface area contributed by atoms with Crippen LogP contribution in [0, 0.1) is 21.9 Å². The molecule has 9 heteroatoms. The number of nitrogens with zero attached hydrogens (tertiary/aromatic N) is 4. The van der Waals surface area contributed by atoms with Crippen LogP contribution >= 0.6 is 12.2 Å². The number of anilines is 1. The highest BCUT2D eigenvalue weighted by atomic mass is 32.1. The van der Waals surface area contributed by atoms with Gasteiger partial charge < -0.3 is 14.2 Å². The zero-order chi connectivity index (χ0) is 20.4. The molecule has 1 saturated heterocycles. The van der Waals surface area contributed by atoms with E-state index in [0.29, 0.717) is 17.4 Å². The standard InChI is InChI=1S/C20H21N5O3S/c1-15-4-2-3-5-18(15)19-21-24(20(29)28-19)14-22-10-12-23(13-11-22)16-6-8-17(9-7-16)25(26)27/h2-9H,10-14H2,1H3/p+1. The van der Waals surface area contributed by atoms with Crippen molar-refractivity contribution in [2.75, 3.05) is 31.1 Å². The van der Waals surface area contributed by atoms with Crippen LogP contribution in [-0.4, -0.2) is 40.9 Å². The van der Waals surface area contributed by atoms with Crippen molar-refractivity contribution in [3.8, 4) is 11.5 Å². The van der Waals surface area contributed by atoms with Crippen LogP contribution in [-0.2, 0) is 6.67 Å². The number of nitro groups is 1. The molecule has 1 N–H and O–H groups in total. The molecule has 0 radical (unpaired) electrons. The van der Waals surface area contributed by atoms with Crippen molar-refractivity contribution in [1.29, 1.82) is 0 Å². The maximum Gasteiger partial charge on any atom is 0.292 e. The lowest BCUT2D eigenvalue weighted by Gasteiger charge is -2.33. The SMILES string of the molecule is Cc1ccccc1-c1nn(C[NH+]2CCN(c3ccc([N+](=O)[O-])cc3)CC2)c(=S)o1. The zero-order valence-electron chi connectivity index (χ0n) is 16.1. The largest absolute Gasteiger partial charge is 0.409 e. The van der Waals surface area contributed by atoms with Crippen LogP contribution in [0.2, 0.25) is 0 Å². The van der Waals surface area contributed by atoms with E-state index in [-0.39, 0.29) is 10.6 Å². The predicted molar refractivity (Wildman–Crippen MR) is 112 cm³/mol. The molecule has 2 aromatic carbocycles. The van der Waals surface area contributed by atoms with E-state index in [9.17, 15) is 10.1 Å². The highest BCUT2D eigenvalue weighted by Gasteiger charge is 2.22. The smallest absolute Gasteiger partial charge is 0.292 e. The Balaban J connectivity index is 1.39. The molecule has 0 unspecified atom stereocenters. The number of hydrogen-bond donors (Lipinski definition) is 1. The van der Waals surface area contributed by atoms with Gasteiger partial charge in [0.05, 0.1) is 31.1 Å². The van der Waals surface area contributed by atoms with Crippen LogP contribution < -0.4 is 9.80 Å². The van der Waals surface area contributed by atoms with Crippen LogP contribution in [0.4, 0.5) is 11.4 Å². The molecule has 1 aromatic heterocycles. The number of piperazine rings is 1. The molecule has 0 amide bonds. The summed E-state index contributed by atoms with van der Waals surface area (Å²) in [7, 11) is 0. The molecule has 4 rings (SSSR count). The maximum absolute atomic E-state index is 10.8. The Bertz CT molecular complexity index is 1070. The van der Waals surface area contributed by atoms with Crippen LogP contribution in [0.5, 0.6) is 0 Å². The Morgan fingerprint density at radius 1 is 1.17 bits per heavy atom. The lowest BCUT2D eigenvalue weighted by atomic mass is 10.1. The Labute approximate surface area is 173 Å². The number of rotatable bonds is 5. The van der Waals surface area contributed by atoms with Crippen molar-refractivity contribution in [2.24, 2.45) is 0 Å². The number of aryl methyl sites for hydroxylation is 1. The minimum atomic E-state index is -0.376. The number of non-ortho nitro benzene ring substituents is 1. The van der Waals surface area contributed by atoms with E-state index in [1.54, 1.807) is 16.8 Å². The molecular weight excluding hydrogens is 390 g/mol. The number of nitro benzene ring substituents is 1. The Morgan fingerprint density at radius 3 is 2.52 bits per heavy atom. The molecule has 8 nitrogen and oxygen atoms in total. The van der Waals surface area contributed by atoms with Crippen molar-refractivity contribution in [3.05, 3.63) is 69.0 Å². The summed E-state index contributed by atoms with van der Waals surface area (Å²) in [5.74, 6) is 0.553. The van der Waals surface area contributed by atoms with Gasteiger partial charge in [0.15, 0.2) is 6.67 Å². The number of benzene rings is 2. The topological polar surface area (TPSA) is 81.8 Å². The lowest BCUT2D eigenvalue weighted by molar-refractivity contribution is -0.924. The molecule has 0 aliphatic carbocycles. The molecule has 0 atom stereocenters. The molecule has 150 valence electrons. The van der Waals surface area contributed by atoms with E-state index < -0.39 is 0 Å². The summed E-state index contributed by atoms with van der Waals surface area (Å²) in [5, 5.41) is 15.4. The maximum atomic E-state index is 10.8. The highest BCUT2D eigenvalue weighted by molar-refractivity contribution is 7.71. The number of aromatic nitrogens is 2. The molecule has 0 saturated carbocycles. The third kappa shape index (κ3) is 4.20. The summed E-state index contributed by atoms with van der Waals surface area (Å²) >= 11 is 5.37. The minimum absolute atomic E-state index is 0.114. The van der Waals surface area contributed by atoms with E-state index in [0.717, 1.165) is 43.0 Å². The van der Waals surface area contributed by atoms with Crippen LogP contribution in [0.3, 0.4) is 0 Å². The third-order valence-electron chi connectivity index (χ3n) is 5.25. The Morgan fingerprint density at radius 2 is 1.86 bits per heavy atom. The van der Waals surface area contributed by atoms with Gasteiger partial charge in [0, 0.05) is 23.4 Å². The predicted octanol–water partition coefficient (Wildman–Crippen LogP) is 2.45. The van der Waals surface area contributed by atoms with E-state index in [1.807, 2.05) is 43.3 Å². The first kappa shape index (κ1) is 19.3. The molecule has 1 aliphatic rings. The van der Waals surface area contributed by atoms with Crippen LogP contribution in [0.1, 0.15) is 5.56 Å². The molecule has 29 heavy (non-hydrogen) atoms. The summed E-state index contributed by atoms with van der Waals surface area (Å²) in [6.45, 7) is 6.25. The normalized spacial score (nSPS) is 14.9. The van der Waals surface area contributed by atoms with Gasteiger partial charge in [0.1, 0.15) is 0 Å². The van der Waals surface area contributed by atoms with E-state index in [1.165, 1.54) is 4.90 Å². The molecule has 1 fully saturated rings. The summed E-state index contributed by atoms with van der Waals surface area (Å²) in [4.78, 5) is 14.4. The fourth-order valence-corrected chi connectivity index (χ4v) is 3.75. The van der Waals surface area contributed by atoms with Gasteiger partial charge in [-0.15, -0.1) is 5.10 Å². The van der Waals surface area contributed by atoms with Gasteiger partial charge in [-0.3, -0.25) is 10.1 Å². The average Bonchev–Trinajstić information content (AvgIpc) is 3.09. The average molecular weight is 412 g/mol. The first-order valence-corrected chi connectivity index (χ1v) is 9.89. The second-order valence-corrected chi connectivity index (χ2v) is 7.51. The minimum Gasteiger partial charge on any atom is -0.409 e.